The predicted molar refractivity (Wildman–Crippen MR) is 56.5 cm³/mol. The van der Waals surface area contributed by atoms with Gasteiger partial charge < -0.3 is 5.32 Å². The van der Waals surface area contributed by atoms with Crippen LogP contribution >= 0.6 is 0 Å². The first-order valence-corrected chi connectivity index (χ1v) is 4.53. The third-order valence-electron chi connectivity index (χ3n) is 2.26. The standard InChI is InChI=1S/C12H11NO/c1-13-12(14)11-8-7-9-5-3-2-4-6-10(9)11/h2-8H,1H3,(H,13,14). The number of carbonyl (C=O) groups is 1. The van der Waals surface area contributed by atoms with Gasteiger partial charge in [0, 0.05) is 12.6 Å². The van der Waals surface area contributed by atoms with Crippen LogP contribution in [0.4, 0.5) is 0 Å². The van der Waals surface area contributed by atoms with Crippen LogP contribution in [0.5, 0.6) is 0 Å². The fraction of sp³-hybridized carbons (Fsp3) is 0.0833. The van der Waals surface area contributed by atoms with Gasteiger partial charge >= 0.3 is 0 Å². The Balaban J connectivity index is 2.58. The summed E-state index contributed by atoms with van der Waals surface area (Å²) < 4.78 is 0. The molecule has 14 heavy (non-hydrogen) atoms. The maximum absolute atomic E-state index is 11.5. The van der Waals surface area contributed by atoms with Gasteiger partial charge in [0.2, 0.25) is 0 Å². The van der Waals surface area contributed by atoms with Gasteiger partial charge in [-0.05, 0) is 17.2 Å². The molecule has 1 N–H and O–H groups in total. The van der Waals surface area contributed by atoms with Gasteiger partial charge in [0.1, 0.15) is 0 Å². The third-order valence-corrected chi connectivity index (χ3v) is 2.26. The molecule has 2 aliphatic carbocycles. The van der Waals surface area contributed by atoms with Crippen molar-refractivity contribution in [2.24, 2.45) is 0 Å². The molecule has 0 fully saturated rings. The maximum atomic E-state index is 11.5. The molecule has 0 aromatic carbocycles. The summed E-state index contributed by atoms with van der Waals surface area (Å²) in [4.78, 5) is 11.5. The van der Waals surface area contributed by atoms with Crippen LogP contribution in [0.3, 0.4) is 0 Å². The number of amides is 1. The lowest BCUT2D eigenvalue weighted by Crippen LogP contribution is -2.17. The summed E-state index contributed by atoms with van der Waals surface area (Å²) in [7, 11) is 1.64. The summed E-state index contributed by atoms with van der Waals surface area (Å²) >= 11 is 0. The molecule has 2 rings (SSSR count). The Hall–Kier alpha value is -1.83. The summed E-state index contributed by atoms with van der Waals surface area (Å²) in [5.74, 6) is -0.0359. The van der Waals surface area contributed by atoms with Crippen LogP contribution in [-0.2, 0) is 0 Å². The second-order valence-corrected chi connectivity index (χ2v) is 3.11. The smallest absolute Gasteiger partial charge is 0.251 e. The van der Waals surface area contributed by atoms with Crippen molar-refractivity contribution in [2.75, 3.05) is 7.05 Å². The number of carbonyl (C=O) groups excluding carboxylic acids is 1. The van der Waals surface area contributed by atoms with E-state index in [1.54, 1.807) is 7.05 Å². The molecule has 0 aromatic heterocycles. The Labute approximate surface area is 82.9 Å². The van der Waals surface area contributed by atoms with E-state index in [0.29, 0.717) is 0 Å². The molecule has 0 aliphatic heterocycles. The van der Waals surface area contributed by atoms with Crippen molar-refractivity contribution in [3.05, 3.63) is 48.0 Å². The van der Waals surface area contributed by atoms with Gasteiger partial charge in [-0.15, -0.1) is 0 Å². The van der Waals surface area contributed by atoms with Crippen molar-refractivity contribution >= 4 is 5.91 Å². The van der Waals surface area contributed by atoms with Gasteiger partial charge in [0.15, 0.2) is 0 Å². The zero-order valence-corrected chi connectivity index (χ0v) is 7.95. The van der Waals surface area contributed by atoms with E-state index in [4.69, 9.17) is 0 Å². The first kappa shape index (κ1) is 8.75. The average Bonchev–Trinajstić information content (AvgIpc) is 2.46. The average molecular weight is 185 g/mol. The summed E-state index contributed by atoms with van der Waals surface area (Å²) in [6.45, 7) is 0. The zero-order valence-electron chi connectivity index (χ0n) is 7.95. The molecule has 0 unspecified atom stereocenters. The molecule has 0 saturated carbocycles. The largest absolute Gasteiger partial charge is 0.355 e. The number of hydrogen-bond donors (Lipinski definition) is 1. The Bertz CT molecular complexity index is 436. The highest BCUT2D eigenvalue weighted by Gasteiger charge is 2.12. The fourth-order valence-corrected chi connectivity index (χ4v) is 1.55. The van der Waals surface area contributed by atoms with Crippen molar-refractivity contribution in [3.63, 3.8) is 0 Å². The quantitative estimate of drug-likeness (QED) is 0.724. The second-order valence-electron chi connectivity index (χ2n) is 3.11. The lowest BCUT2D eigenvalue weighted by atomic mass is 10.1. The van der Waals surface area contributed by atoms with E-state index in [1.165, 1.54) is 0 Å². The molecule has 2 nitrogen and oxygen atoms in total. The molecule has 2 heteroatoms. The molecule has 0 saturated heterocycles. The van der Waals surface area contributed by atoms with Crippen molar-refractivity contribution in [2.45, 2.75) is 0 Å². The van der Waals surface area contributed by atoms with E-state index in [-0.39, 0.29) is 5.91 Å². The van der Waals surface area contributed by atoms with Gasteiger partial charge in [-0.3, -0.25) is 4.79 Å². The lowest BCUT2D eigenvalue weighted by molar-refractivity contribution is 0.0964. The summed E-state index contributed by atoms with van der Waals surface area (Å²) in [6, 6.07) is 13.6. The maximum Gasteiger partial charge on any atom is 0.251 e. The molecular weight excluding hydrogens is 174 g/mol. The van der Waals surface area contributed by atoms with Crippen LogP contribution in [0.2, 0.25) is 0 Å². The molecule has 1 amide bonds. The normalized spacial score (nSPS) is 10.1. The van der Waals surface area contributed by atoms with Crippen molar-refractivity contribution in [3.8, 4) is 11.1 Å². The lowest BCUT2D eigenvalue weighted by Gasteiger charge is -1.99. The van der Waals surface area contributed by atoms with Crippen LogP contribution in [0.15, 0.2) is 42.5 Å². The highest BCUT2D eigenvalue weighted by molar-refractivity contribution is 6.02. The first-order chi connectivity index (χ1) is 6.83. The molecule has 0 heterocycles. The summed E-state index contributed by atoms with van der Waals surface area (Å²) in [5, 5.41) is 2.63. The molecule has 70 valence electrons. The highest BCUT2D eigenvalue weighted by atomic mass is 16.1. The van der Waals surface area contributed by atoms with Gasteiger partial charge in [0.05, 0.1) is 0 Å². The SMILES string of the molecule is CNC(=O)c1ccc2cccccc1-2. The third kappa shape index (κ3) is 1.35. The molecule has 0 atom stereocenters. The number of hydrogen-bond acceptors (Lipinski definition) is 1. The summed E-state index contributed by atoms with van der Waals surface area (Å²) in [5.41, 5.74) is 2.82. The van der Waals surface area contributed by atoms with Gasteiger partial charge in [-0.2, -0.15) is 0 Å². The number of rotatable bonds is 1. The second kappa shape index (κ2) is 3.50. The molecule has 0 radical (unpaired) electrons. The van der Waals surface area contributed by atoms with E-state index in [1.807, 2.05) is 42.5 Å². The molecule has 2 aliphatic rings. The molecule has 0 aromatic rings. The minimum absolute atomic E-state index is 0.0359. The number of nitrogens with one attached hydrogen (secondary N) is 1. The summed E-state index contributed by atoms with van der Waals surface area (Å²) in [6.07, 6.45) is 0. The monoisotopic (exact) mass is 185 g/mol. The van der Waals surface area contributed by atoms with Gasteiger partial charge in [-0.25, -0.2) is 0 Å². The van der Waals surface area contributed by atoms with Crippen molar-refractivity contribution in [1.82, 2.24) is 5.32 Å². The minimum Gasteiger partial charge on any atom is -0.355 e. The van der Waals surface area contributed by atoms with Gasteiger partial charge in [-0.1, -0.05) is 36.4 Å². The van der Waals surface area contributed by atoms with Crippen molar-refractivity contribution < 1.29 is 4.79 Å². The van der Waals surface area contributed by atoms with E-state index in [0.717, 1.165) is 16.7 Å². The van der Waals surface area contributed by atoms with Crippen molar-refractivity contribution in [1.29, 1.82) is 0 Å². The van der Waals surface area contributed by atoms with E-state index in [2.05, 4.69) is 5.32 Å². The Kier molecular flexibility index (Phi) is 2.19. The Morgan fingerprint density at radius 3 is 2.64 bits per heavy atom. The first-order valence-electron chi connectivity index (χ1n) is 4.53. The van der Waals surface area contributed by atoms with Crippen LogP contribution in [-0.4, -0.2) is 13.0 Å². The molecule has 0 spiro atoms. The van der Waals surface area contributed by atoms with E-state index >= 15 is 0 Å². The van der Waals surface area contributed by atoms with E-state index < -0.39 is 0 Å². The molecule has 0 bridgehead atoms. The number of fused-ring (bicyclic) bond motifs is 1. The van der Waals surface area contributed by atoms with Crippen LogP contribution in [0, 0.1) is 0 Å². The van der Waals surface area contributed by atoms with Gasteiger partial charge in [0.25, 0.3) is 5.91 Å². The minimum atomic E-state index is -0.0359. The van der Waals surface area contributed by atoms with Crippen LogP contribution < -0.4 is 5.32 Å². The predicted octanol–water partition coefficient (Wildman–Crippen LogP) is 2.15. The molecular formula is C12H11NO. The zero-order chi connectivity index (χ0) is 9.97. The Morgan fingerprint density at radius 2 is 1.86 bits per heavy atom. The Morgan fingerprint density at radius 1 is 1.07 bits per heavy atom. The van der Waals surface area contributed by atoms with Crippen LogP contribution in [0.25, 0.3) is 11.1 Å². The topological polar surface area (TPSA) is 29.1 Å². The van der Waals surface area contributed by atoms with Crippen LogP contribution in [0.1, 0.15) is 10.4 Å². The fourth-order valence-electron chi connectivity index (χ4n) is 1.55. The van der Waals surface area contributed by atoms with E-state index in [9.17, 15) is 4.79 Å². The highest BCUT2D eigenvalue weighted by Crippen LogP contribution is 2.26.